The minimum Gasteiger partial charge on any atom is -0.439 e. The van der Waals surface area contributed by atoms with E-state index in [0.717, 1.165) is 7.28 Å². The van der Waals surface area contributed by atoms with Gasteiger partial charge in [-0.2, -0.15) is 0 Å². The lowest BCUT2D eigenvalue weighted by molar-refractivity contribution is 0.191. The fourth-order valence-electron chi connectivity index (χ4n) is 0.424. The van der Waals surface area contributed by atoms with Crippen molar-refractivity contribution in [2.45, 2.75) is 26.2 Å². The largest absolute Gasteiger partial charge is 0.439 e. The maximum Gasteiger partial charge on any atom is 0.300 e. The van der Waals surface area contributed by atoms with Crippen molar-refractivity contribution in [3.8, 4) is 0 Å². The lowest BCUT2D eigenvalue weighted by Crippen LogP contribution is -2.32. The topological polar surface area (TPSA) is 29.5 Å². The lowest BCUT2D eigenvalue weighted by atomic mass is 9.64. The van der Waals surface area contributed by atoms with Crippen molar-refractivity contribution < 1.29 is 9.76 Å². The molecule has 0 radical (unpaired) electrons. The zero-order chi connectivity index (χ0) is 7.33. The molecule has 52 valence electrons. The number of hydrogen-bond donors (Lipinski definition) is 1. The van der Waals surface area contributed by atoms with E-state index >= 15 is 0 Å². The SMILES string of the molecule is CBC(C)(C)OBCO. The van der Waals surface area contributed by atoms with Crippen molar-refractivity contribution >= 4 is 14.8 Å². The molecule has 0 atom stereocenters. The van der Waals surface area contributed by atoms with Gasteiger partial charge in [0, 0.05) is 12.0 Å². The predicted octanol–water partition coefficient (Wildman–Crippen LogP) is -0.475. The molecule has 0 aromatic heterocycles. The average Bonchev–Trinajstić information content (AvgIpc) is 1.84. The van der Waals surface area contributed by atoms with Crippen molar-refractivity contribution in [3.63, 3.8) is 0 Å². The highest BCUT2D eigenvalue weighted by molar-refractivity contribution is 6.39. The van der Waals surface area contributed by atoms with Crippen LogP contribution in [-0.4, -0.2) is 31.9 Å². The highest BCUT2D eigenvalue weighted by atomic mass is 16.5. The Labute approximate surface area is 58.1 Å². The molecule has 0 amide bonds. The summed E-state index contributed by atoms with van der Waals surface area (Å²) in [6, 6.07) is 0. The van der Waals surface area contributed by atoms with Gasteiger partial charge in [-0.3, -0.25) is 0 Å². The fraction of sp³-hybridized carbons (Fsp3) is 1.00. The van der Waals surface area contributed by atoms with E-state index in [1.54, 1.807) is 0 Å². The molecule has 0 heterocycles. The Bertz CT molecular complexity index is 75.4. The molecule has 2 nitrogen and oxygen atoms in total. The molecule has 0 aliphatic carbocycles. The predicted molar refractivity (Wildman–Crippen MR) is 42.4 cm³/mol. The maximum atomic E-state index is 8.40. The third kappa shape index (κ3) is 4.55. The molecule has 1 N–H and O–H groups in total. The molecule has 0 fully saturated rings. The van der Waals surface area contributed by atoms with Gasteiger partial charge in [-0.1, -0.05) is 6.82 Å². The fourth-order valence-corrected chi connectivity index (χ4v) is 0.424. The van der Waals surface area contributed by atoms with Gasteiger partial charge in [0.05, 0.1) is 0 Å². The molecule has 9 heavy (non-hydrogen) atoms. The highest BCUT2D eigenvalue weighted by Crippen LogP contribution is 2.04. The summed E-state index contributed by atoms with van der Waals surface area (Å²) in [5, 5.41) is 8.40. The molecule has 0 spiro atoms. The van der Waals surface area contributed by atoms with Crippen molar-refractivity contribution in [1.82, 2.24) is 0 Å². The first kappa shape index (κ1) is 9.05. The van der Waals surface area contributed by atoms with Crippen LogP contribution in [0.5, 0.6) is 0 Å². The van der Waals surface area contributed by atoms with Crippen LogP contribution in [0.3, 0.4) is 0 Å². The van der Waals surface area contributed by atoms with Crippen molar-refractivity contribution in [1.29, 1.82) is 0 Å². The molecular formula is C5H14B2O2. The Morgan fingerprint density at radius 3 is 2.44 bits per heavy atom. The third-order valence-electron chi connectivity index (χ3n) is 1.44. The van der Waals surface area contributed by atoms with Crippen LogP contribution in [0.15, 0.2) is 0 Å². The molecule has 0 saturated carbocycles. The minimum atomic E-state index is -0.0667. The van der Waals surface area contributed by atoms with Gasteiger partial charge in [0.2, 0.25) is 0 Å². The summed E-state index contributed by atoms with van der Waals surface area (Å²) < 4.78 is 5.28. The smallest absolute Gasteiger partial charge is 0.300 e. The second-order valence-corrected chi connectivity index (χ2v) is 2.69. The van der Waals surface area contributed by atoms with Crippen LogP contribution in [0.1, 0.15) is 13.8 Å². The molecule has 0 rings (SSSR count). The summed E-state index contributed by atoms with van der Waals surface area (Å²) >= 11 is 0. The lowest BCUT2D eigenvalue weighted by Gasteiger charge is -2.22. The van der Waals surface area contributed by atoms with E-state index in [1.807, 2.05) is 13.8 Å². The van der Waals surface area contributed by atoms with E-state index in [0.29, 0.717) is 7.48 Å². The van der Waals surface area contributed by atoms with Gasteiger partial charge in [-0.25, -0.2) is 0 Å². The van der Waals surface area contributed by atoms with E-state index in [-0.39, 0.29) is 12.0 Å². The second-order valence-electron chi connectivity index (χ2n) is 2.69. The van der Waals surface area contributed by atoms with Gasteiger partial charge in [-0.05, 0) is 13.8 Å². The summed E-state index contributed by atoms with van der Waals surface area (Å²) in [7, 11) is 1.42. The number of hydrogen-bond acceptors (Lipinski definition) is 2. The first-order valence-corrected chi connectivity index (χ1v) is 3.37. The normalized spacial score (nSPS) is 11.1. The van der Waals surface area contributed by atoms with E-state index in [9.17, 15) is 0 Å². The Hall–Kier alpha value is 0.0499. The highest BCUT2D eigenvalue weighted by Gasteiger charge is 2.15. The molecule has 0 aliphatic heterocycles. The van der Waals surface area contributed by atoms with Gasteiger partial charge in [0.25, 0.3) is 7.48 Å². The Kier molecular flexibility index (Phi) is 3.98. The summed E-state index contributed by atoms with van der Waals surface area (Å²) in [6.45, 7) is 6.21. The van der Waals surface area contributed by atoms with Gasteiger partial charge in [0.1, 0.15) is 0 Å². The zero-order valence-electron chi connectivity index (χ0n) is 6.48. The van der Waals surface area contributed by atoms with Crippen LogP contribution in [0.2, 0.25) is 6.82 Å². The van der Waals surface area contributed by atoms with Crippen molar-refractivity contribution in [2.75, 3.05) is 6.51 Å². The van der Waals surface area contributed by atoms with Gasteiger partial charge < -0.3 is 9.76 Å². The Morgan fingerprint density at radius 1 is 1.56 bits per heavy atom. The molecule has 4 heteroatoms. The van der Waals surface area contributed by atoms with E-state index < -0.39 is 0 Å². The molecular weight excluding hydrogens is 114 g/mol. The minimum absolute atomic E-state index is 0.0667. The third-order valence-corrected chi connectivity index (χ3v) is 1.44. The first-order valence-electron chi connectivity index (χ1n) is 3.37. The van der Waals surface area contributed by atoms with Crippen LogP contribution in [0, 0.1) is 0 Å². The summed E-state index contributed by atoms with van der Waals surface area (Å²) in [5.74, 6) is 0. The van der Waals surface area contributed by atoms with E-state index in [1.165, 1.54) is 0 Å². The van der Waals surface area contributed by atoms with Gasteiger partial charge in [-0.15, -0.1) is 0 Å². The van der Waals surface area contributed by atoms with E-state index in [2.05, 4.69) is 6.82 Å². The van der Waals surface area contributed by atoms with Crippen LogP contribution < -0.4 is 0 Å². The monoisotopic (exact) mass is 128 g/mol. The van der Waals surface area contributed by atoms with Crippen LogP contribution in [0.25, 0.3) is 0 Å². The molecule has 0 aromatic carbocycles. The summed E-state index contributed by atoms with van der Waals surface area (Å²) in [4.78, 5) is 0. The average molecular weight is 128 g/mol. The Morgan fingerprint density at radius 2 is 2.11 bits per heavy atom. The summed E-state index contributed by atoms with van der Waals surface area (Å²) in [5.41, 5.74) is -0.0667. The van der Waals surface area contributed by atoms with Gasteiger partial charge in [0.15, 0.2) is 7.28 Å². The maximum absolute atomic E-state index is 8.40. The van der Waals surface area contributed by atoms with Crippen LogP contribution >= 0.6 is 0 Å². The van der Waals surface area contributed by atoms with Crippen LogP contribution in [0.4, 0.5) is 0 Å². The number of aliphatic hydroxyl groups excluding tert-OH is 1. The first-order chi connectivity index (χ1) is 4.12. The molecule has 0 bridgehead atoms. The molecule has 0 aliphatic rings. The number of aliphatic hydroxyl groups is 1. The zero-order valence-corrected chi connectivity index (χ0v) is 6.48. The van der Waals surface area contributed by atoms with E-state index in [4.69, 9.17) is 9.76 Å². The van der Waals surface area contributed by atoms with Crippen LogP contribution in [-0.2, 0) is 4.65 Å². The van der Waals surface area contributed by atoms with Gasteiger partial charge >= 0.3 is 0 Å². The number of rotatable bonds is 4. The van der Waals surface area contributed by atoms with Crippen molar-refractivity contribution in [2.24, 2.45) is 0 Å². The molecule has 0 unspecified atom stereocenters. The quantitative estimate of drug-likeness (QED) is 0.518. The standard InChI is InChI=1S/C5H14B2O2/c1-5(2,6-3)9-7-4-8/h6-8H,4H2,1-3H3. The second kappa shape index (κ2) is 3.96. The summed E-state index contributed by atoms with van der Waals surface area (Å²) in [6.07, 6.45) is 0. The molecule has 0 aromatic rings. The van der Waals surface area contributed by atoms with Crippen molar-refractivity contribution in [3.05, 3.63) is 0 Å². The molecule has 0 saturated heterocycles. The Balaban J connectivity index is 3.33.